The lowest BCUT2D eigenvalue weighted by atomic mass is 10.0. The minimum absolute atomic E-state index is 0.0284. The molecule has 0 aliphatic carbocycles. The van der Waals surface area contributed by atoms with Gasteiger partial charge in [0, 0.05) is 22.2 Å². The summed E-state index contributed by atoms with van der Waals surface area (Å²) in [5.41, 5.74) is 7.40. The fourth-order valence-electron chi connectivity index (χ4n) is 2.05. The zero-order chi connectivity index (χ0) is 15.2. The van der Waals surface area contributed by atoms with Crippen LogP contribution >= 0.6 is 11.6 Å². The molecule has 0 fully saturated rings. The smallest absolute Gasteiger partial charge is 0.129 e. The van der Waals surface area contributed by atoms with Gasteiger partial charge in [0.15, 0.2) is 0 Å². The maximum atomic E-state index is 13.6. The molecule has 0 amide bonds. The molecule has 0 bridgehead atoms. The van der Waals surface area contributed by atoms with Gasteiger partial charge < -0.3 is 10.5 Å². The molecule has 0 heterocycles. The predicted molar refractivity (Wildman–Crippen MR) is 84.2 cm³/mol. The summed E-state index contributed by atoms with van der Waals surface area (Å²) in [6.07, 6.45) is 1.50. The average molecular weight is 308 g/mol. The van der Waals surface area contributed by atoms with Crippen LogP contribution in [0.3, 0.4) is 0 Å². The van der Waals surface area contributed by atoms with E-state index in [1.54, 1.807) is 18.2 Å². The predicted octanol–water partition coefficient (Wildman–Crippen LogP) is 4.34. The average Bonchev–Trinajstić information content (AvgIpc) is 2.49. The van der Waals surface area contributed by atoms with E-state index >= 15 is 0 Å². The third kappa shape index (κ3) is 4.19. The van der Waals surface area contributed by atoms with Crippen LogP contribution in [0.5, 0.6) is 5.75 Å². The fourth-order valence-corrected chi connectivity index (χ4v) is 2.29. The molecule has 2 rings (SSSR count). The number of nitrogens with two attached hydrogens (primary N) is 1. The van der Waals surface area contributed by atoms with E-state index in [4.69, 9.17) is 22.1 Å². The van der Waals surface area contributed by atoms with Gasteiger partial charge in [-0.3, -0.25) is 0 Å². The molecule has 0 aliphatic rings. The van der Waals surface area contributed by atoms with Crippen molar-refractivity contribution in [1.29, 1.82) is 0 Å². The minimum atomic E-state index is -0.272. The van der Waals surface area contributed by atoms with E-state index in [0.29, 0.717) is 22.8 Å². The molecule has 2 nitrogen and oxygen atoms in total. The highest BCUT2D eigenvalue weighted by atomic mass is 35.5. The Kier molecular flexibility index (Phi) is 5.59. The van der Waals surface area contributed by atoms with E-state index in [-0.39, 0.29) is 18.5 Å². The van der Waals surface area contributed by atoms with Gasteiger partial charge in [0.05, 0.1) is 0 Å². The van der Waals surface area contributed by atoms with Crippen molar-refractivity contribution in [2.24, 2.45) is 5.73 Å². The number of rotatable bonds is 6. The highest BCUT2D eigenvalue weighted by Crippen LogP contribution is 2.28. The Morgan fingerprint density at radius 1 is 1.19 bits per heavy atom. The normalized spacial score (nSPS) is 12.2. The van der Waals surface area contributed by atoms with Gasteiger partial charge in [-0.2, -0.15) is 0 Å². The Balaban J connectivity index is 2.16. The quantitative estimate of drug-likeness (QED) is 0.861. The molecular weight excluding hydrogens is 289 g/mol. The van der Waals surface area contributed by atoms with Crippen LogP contribution in [0, 0.1) is 5.82 Å². The first-order valence-corrected chi connectivity index (χ1v) is 7.38. The Labute approximate surface area is 129 Å². The molecule has 0 spiro atoms. The second-order valence-corrected chi connectivity index (χ2v) is 5.38. The van der Waals surface area contributed by atoms with Crippen molar-refractivity contribution in [3.05, 3.63) is 64.4 Å². The number of benzene rings is 2. The molecule has 1 unspecified atom stereocenters. The number of halogens is 2. The third-order valence-corrected chi connectivity index (χ3v) is 3.76. The van der Waals surface area contributed by atoms with Crippen LogP contribution in [0.15, 0.2) is 42.5 Å². The fraction of sp³-hybridized carbons (Fsp3) is 0.294. The van der Waals surface area contributed by atoms with Crippen LogP contribution in [0.1, 0.15) is 24.5 Å². The van der Waals surface area contributed by atoms with Gasteiger partial charge >= 0.3 is 0 Å². The molecule has 112 valence electrons. The van der Waals surface area contributed by atoms with Gasteiger partial charge in [-0.1, -0.05) is 42.8 Å². The second-order valence-electron chi connectivity index (χ2n) is 4.97. The standard InChI is InChI=1S/C17H19ClFNO/c1-2-13(20)10-14-15(18)7-5-9-17(14)21-11-12-6-3-4-8-16(12)19/h3-9,13H,2,10-11,20H2,1H3. The molecule has 2 aromatic carbocycles. The highest BCUT2D eigenvalue weighted by Gasteiger charge is 2.12. The van der Waals surface area contributed by atoms with Crippen LogP contribution in [-0.4, -0.2) is 6.04 Å². The van der Waals surface area contributed by atoms with Crippen LogP contribution in [0.2, 0.25) is 5.02 Å². The van der Waals surface area contributed by atoms with Gasteiger partial charge in [0.1, 0.15) is 18.2 Å². The first kappa shape index (κ1) is 15.8. The topological polar surface area (TPSA) is 35.2 Å². The molecule has 2 aromatic rings. The summed E-state index contributed by atoms with van der Waals surface area (Å²) >= 11 is 6.23. The van der Waals surface area contributed by atoms with E-state index in [9.17, 15) is 4.39 Å². The molecular formula is C17H19ClFNO. The lowest BCUT2D eigenvalue weighted by Crippen LogP contribution is -2.22. The van der Waals surface area contributed by atoms with Crippen LogP contribution in [0.4, 0.5) is 4.39 Å². The highest BCUT2D eigenvalue weighted by molar-refractivity contribution is 6.31. The third-order valence-electron chi connectivity index (χ3n) is 3.41. The lowest BCUT2D eigenvalue weighted by Gasteiger charge is -2.16. The Morgan fingerprint density at radius 3 is 2.67 bits per heavy atom. The van der Waals surface area contributed by atoms with E-state index < -0.39 is 0 Å². The van der Waals surface area contributed by atoms with Crippen LogP contribution < -0.4 is 10.5 Å². The lowest BCUT2D eigenvalue weighted by molar-refractivity contribution is 0.296. The van der Waals surface area contributed by atoms with Gasteiger partial charge in [0.2, 0.25) is 0 Å². The van der Waals surface area contributed by atoms with Crippen molar-refractivity contribution in [3.8, 4) is 5.75 Å². The zero-order valence-electron chi connectivity index (χ0n) is 12.0. The first-order chi connectivity index (χ1) is 10.1. The van der Waals surface area contributed by atoms with Crippen molar-refractivity contribution < 1.29 is 9.13 Å². The molecule has 0 radical (unpaired) electrons. The number of hydrogen-bond acceptors (Lipinski definition) is 2. The monoisotopic (exact) mass is 307 g/mol. The van der Waals surface area contributed by atoms with Gasteiger partial charge in [0.25, 0.3) is 0 Å². The molecule has 4 heteroatoms. The van der Waals surface area contributed by atoms with Crippen molar-refractivity contribution >= 4 is 11.6 Å². The zero-order valence-corrected chi connectivity index (χ0v) is 12.7. The molecule has 21 heavy (non-hydrogen) atoms. The molecule has 0 aliphatic heterocycles. The number of ether oxygens (including phenoxy) is 1. The summed E-state index contributed by atoms with van der Waals surface area (Å²) in [7, 11) is 0. The SMILES string of the molecule is CCC(N)Cc1c(Cl)cccc1OCc1ccccc1F. The van der Waals surface area contributed by atoms with Gasteiger partial charge in [-0.05, 0) is 31.0 Å². The minimum Gasteiger partial charge on any atom is -0.488 e. The second kappa shape index (κ2) is 7.43. The van der Waals surface area contributed by atoms with E-state index in [2.05, 4.69) is 0 Å². The van der Waals surface area contributed by atoms with Crippen molar-refractivity contribution in [2.75, 3.05) is 0 Å². The van der Waals surface area contributed by atoms with Crippen LogP contribution in [0.25, 0.3) is 0 Å². The van der Waals surface area contributed by atoms with Crippen molar-refractivity contribution in [1.82, 2.24) is 0 Å². The van der Waals surface area contributed by atoms with E-state index in [1.165, 1.54) is 6.07 Å². The molecule has 0 saturated heterocycles. The largest absolute Gasteiger partial charge is 0.488 e. The maximum absolute atomic E-state index is 13.6. The Morgan fingerprint density at radius 2 is 1.95 bits per heavy atom. The summed E-state index contributed by atoms with van der Waals surface area (Å²) in [6, 6.07) is 12.1. The molecule has 2 N–H and O–H groups in total. The number of hydrogen-bond donors (Lipinski definition) is 1. The Hall–Kier alpha value is -1.58. The summed E-state index contributed by atoms with van der Waals surface area (Å²) in [4.78, 5) is 0. The summed E-state index contributed by atoms with van der Waals surface area (Å²) in [5, 5.41) is 0.630. The molecule has 1 atom stereocenters. The van der Waals surface area contributed by atoms with Crippen LogP contribution in [-0.2, 0) is 13.0 Å². The maximum Gasteiger partial charge on any atom is 0.129 e. The van der Waals surface area contributed by atoms with Crippen molar-refractivity contribution in [2.45, 2.75) is 32.4 Å². The van der Waals surface area contributed by atoms with Gasteiger partial charge in [-0.25, -0.2) is 4.39 Å². The summed E-state index contributed by atoms with van der Waals surface area (Å²) in [6.45, 7) is 2.20. The Bertz CT molecular complexity index is 603. The summed E-state index contributed by atoms with van der Waals surface area (Å²) in [5.74, 6) is 0.390. The van der Waals surface area contributed by atoms with E-state index in [1.807, 2.05) is 25.1 Å². The molecule has 0 saturated carbocycles. The first-order valence-electron chi connectivity index (χ1n) is 7.01. The van der Waals surface area contributed by atoms with Gasteiger partial charge in [-0.15, -0.1) is 0 Å². The van der Waals surface area contributed by atoms with E-state index in [0.717, 1.165) is 12.0 Å². The summed E-state index contributed by atoms with van der Waals surface area (Å²) < 4.78 is 19.4. The molecule has 0 aromatic heterocycles. The van der Waals surface area contributed by atoms with Crippen molar-refractivity contribution in [3.63, 3.8) is 0 Å².